The Balaban J connectivity index is 1.07. The largest absolute Gasteiger partial charge is 0.435 e. The third-order valence-corrected chi connectivity index (χ3v) is 12.4. The van der Waals surface area contributed by atoms with Gasteiger partial charge in [0.05, 0.1) is 0 Å². The van der Waals surface area contributed by atoms with Crippen LogP contribution >= 0.6 is 11.3 Å². The lowest BCUT2D eigenvalue weighted by Gasteiger charge is -2.27. The van der Waals surface area contributed by atoms with Crippen molar-refractivity contribution in [2.75, 3.05) is 4.90 Å². The van der Waals surface area contributed by atoms with Gasteiger partial charge in [-0.2, -0.15) is 0 Å². The van der Waals surface area contributed by atoms with Gasteiger partial charge in [0, 0.05) is 53.6 Å². The molecule has 2 aromatic heterocycles. The van der Waals surface area contributed by atoms with Gasteiger partial charge in [-0.25, -0.2) is 4.98 Å². The maximum absolute atomic E-state index is 6.41. The van der Waals surface area contributed by atoms with Gasteiger partial charge in [0.2, 0.25) is 5.89 Å². The first kappa shape index (κ1) is 31.1. The Bertz CT molecular complexity index is 3080. The number of aromatic nitrogens is 1. The highest BCUT2D eigenvalue weighted by Crippen LogP contribution is 2.51. The van der Waals surface area contributed by atoms with Crippen molar-refractivity contribution in [3.05, 3.63) is 181 Å². The van der Waals surface area contributed by atoms with E-state index in [4.69, 9.17) is 9.40 Å². The molecular formula is C50H34N2OS. The summed E-state index contributed by atoms with van der Waals surface area (Å²) < 4.78 is 9.00. The number of benzene rings is 8. The van der Waals surface area contributed by atoms with Gasteiger partial charge in [0.25, 0.3) is 0 Å². The second-order valence-electron chi connectivity index (χ2n) is 14.8. The zero-order valence-electron chi connectivity index (χ0n) is 29.9. The molecule has 10 aromatic rings. The van der Waals surface area contributed by atoms with Gasteiger partial charge in [-0.3, -0.25) is 0 Å². The third-order valence-electron chi connectivity index (χ3n) is 11.3. The molecule has 1 aliphatic rings. The monoisotopic (exact) mass is 710 g/mol. The Kier molecular flexibility index (Phi) is 6.77. The number of anilines is 3. The molecule has 3 nitrogen and oxygen atoms in total. The highest BCUT2D eigenvalue weighted by molar-refractivity contribution is 7.25. The van der Waals surface area contributed by atoms with Crippen LogP contribution in [-0.4, -0.2) is 4.98 Å². The first-order valence-electron chi connectivity index (χ1n) is 18.5. The van der Waals surface area contributed by atoms with Crippen LogP contribution < -0.4 is 4.90 Å². The van der Waals surface area contributed by atoms with Crippen molar-refractivity contribution in [3.63, 3.8) is 0 Å². The van der Waals surface area contributed by atoms with E-state index in [0.717, 1.165) is 55.6 Å². The van der Waals surface area contributed by atoms with Crippen molar-refractivity contribution in [2.24, 2.45) is 0 Å². The number of hydrogen-bond acceptors (Lipinski definition) is 4. The SMILES string of the molecule is CC1(C)c2ccccc2-c2cc(N(c3ccc(-c4cc5nc(-c6ccccc6)oc5c5ccccc45)cc3)c3ccc4c(c3)sc3ccccc34)ccc21. The summed E-state index contributed by atoms with van der Waals surface area (Å²) in [6, 6.07) is 61.3. The number of oxazole rings is 1. The van der Waals surface area contributed by atoms with E-state index in [1.807, 2.05) is 41.7 Å². The van der Waals surface area contributed by atoms with Crippen molar-refractivity contribution >= 4 is 70.4 Å². The molecule has 8 aromatic carbocycles. The molecule has 0 saturated heterocycles. The van der Waals surface area contributed by atoms with Crippen molar-refractivity contribution in [1.29, 1.82) is 0 Å². The number of fused-ring (bicyclic) bond motifs is 9. The summed E-state index contributed by atoms with van der Waals surface area (Å²) in [5, 5.41) is 4.80. The third kappa shape index (κ3) is 4.70. The lowest BCUT2D eigenvalue weighted by molar-refractivity contribution is 0.623. The summed E-state index contributed by atoms with van der Waals surface area (Å²) in [6.07, 6.45) is 0. The molecule has 2 heterocycles. The van der Waals surface area contributed by atoms with Crippen molar-refractivity contribution in [2.45, 2.75) is 19.3 Å². The van der Waals surface area contributed by atoms with Crippen LogP contribution in [-0.2, 0) is 5.41 Å². The lowest BCUT2D eigenvalue weighted by atomic mass is 9.82. The van der Waals surface area contributed by atoms with Crippen molar-refractivity contribution < 1.29 is 4.42 Å². The van der Waals surface area contributed by atoms with E-state index in [0.29, 0.717) is 5.89 Å². The molecule has 0 radical (unpaired) electrons. The van der Waals surface area contributed by atoms with Crippen LogP contribution in [0.2, 0.25) is 0 Å². The van der Waals surface area contributed by atoms with Gasteiger partial charge >= 0.3 is 0 Å². The first-order valence-corrected chi connectivity index (χ1v) is 19.3. The van der Waals surface area contributed by atoms with Crippen LogP contribution in [0.5, 0.6) is 0 Å². The molecule has 0 bridgehead atoms. The Morgan fingerprint density at radius 2 is 1.13 bits per heavy atom. The molecule has 0 spiro atoms. The summed E-state index contributed by atoms with van der Waals surface area (Å²) in [5.41, 5.74) is 13.6. The minimum Gasteiger partial charge on any atom is -0.435 e. The van der Waals surface area contributed by atoms with Gasteiger partial charge in [-0.15, -0.1) is 11.3 Å². The number of nitrogens with zero attached hydrogens (tertiary/aromatic N) is 2. The van der Waals surface area contributed by atoms with Crippen LogP contribution in [0.3, 0.4) is 0 Å². The Hall–Kier alpha value is -6.49. The first-order chi connectivity index (χ1) is 26.5. The van der Waals surface area contributed by atoms with Gasteiger partial charge < -0.3 is 9.32 Å². The van der Waals surface area contributed by atoms with E-state index in [9.17, 15) is 0 Å². The normalized spacial score (nSPS) is 13.1. The zero-order valence-corrected chi connectivity index (χ0v) is 30.7. The minimum atomic E-state index is -0.0531. The van der Waals surface area contributed by atoms with E-state index in [-0.39, 0.29) is 5.41 Å². The minimum absolute atomic E-state index is 0.0531. The molecule has 1 aliphatic carbocycles. The fourth-order valence-electron chi connectivity index (χ4n) is 8.63. The molecule has 54 heavy (non-hydrogen) atoms. The molecule has 0 amide bonds. The molecule has 4 heteroatoms. The molecule has 256 valence electrons. The second-order valence-corrected chi connectivity index (χ2v) is 15.8. The predicted molar refractivity (Wildman–Crippen MR) is 228 cm³/mol. The van der Waals surface area contributed by atoms with E-state index in [2.05, 4.69) is 158 Å². The lowest BCUT2D eigenvalue weighted by Crippen LogP contribution is -2.15. The van der Waals surface area contributed by atoms with Gasteiger partial charge in [-0.1, -0.05) is 123 Å². The summed E-state index contributed by atoms with van der Waals surface area (Å²) in [4.78, 5) is 7.38. The molecule has 0 atom stereocenters. The van der Waals surface area contributed by atoms with Gasteiger partial charge in [-0.05, 0) is 99.4 Å². The van der Waals surface area contributed by atoms with E-state index in [1.54, 1.807) is 0 Å². The predicted octanol–water partition coefficient (Wildman–Crippen LogP) is 14.5. The molecular weight excluding hydrogens is 677 g/mol. The molecule has 11 rings (SSSR count). The second kappa shape index (κ2) is 11.8. The highest BCUT2D eigenvalue weighted by Gasteiger charge is 2.35. The molecule has 0 N–H and O–H groups in total. The molecule has 0 fully saturated rings. The number of rotatable bonds is 5. The molecule has 0 saturated carbocycles. The van der Waals surface area contributed by atoms with Crippen LogP contribution in [0.15, 0.2) is 174 Å². The van der Waals surface area contributed by atoms with Crippen LogP contribution in [0.4, 0.5) is 17.1 Å². The van der Waals surface area contributed by atoms with Gasteiger partial charge in [0.1, 0.15) is 5.52 Å². The maximum atomic E-state index is 6.41. The number of thiophene rings is 1. The van der Waals surface area contributed by atoms with E-state index >= 15 is 0 Å². The standard InChI is InChI=1S/C50H34N2OS/c1-50(2)43-18-10-8-15-37(43)42-28-34(25-27-44(42)50)52(35-24-26-39-38-16-9-11-19-46(38)54-47(39)29-35)33-22-20-31(21-23-33)41-30-45-48(40-17-7-6-14-36(40)41)53-49(51-45)32-12-4-3-5-13-32/h3-30H,1-2H3. The topological polar surface area (TPSA) is 29.3 Å². The summed E-state index contributed by atoms with van der Waals surface area (Å²) in [7, 11) is 0. The summed E-state index contributed by atoms with van der Waals surface area (Å²) in [6.45, 7) is 4.68. The quantitative estimate of drug-likeness (QED) is 0.178. The van der Waals surface area contributed by atoms with Crippen molar-refractivity contribution in [3.8, 4) is 33.7 Å². The fraction of sp³-hybridized carbons (Fsp3) is 0.0600. The smallest absolute Gasteiger partial charge is 0.227 e. The summed E-state index contributed by atoms with van der Waals surface area (Å²) in [5.74, 6) is 0.634. The summed E-state index contributed by atoms with van der Waals surface area (Å²) >= 11 is 1.86. The van der Waals surface area contributed by atoms with Crippen LogP contribution in [0.1, 0.15) is 25.0 Å². The Labute approximate surface area is 317 Å². The zero-order chi connectivity index (χ0) is 36.0. The fourth-order valence-corrected chi connectivity index (χ4v) is 9.77. The van der Waals surface area contributed by atoms with E-state index in [1.165, 1.54) is 42.4 Å². The van der Waals surface area contributed by atoms with E-state index < -0.39 is 0 Å². The Morgan fingerprint density at radius 1 is 0.481 bits per heavy atom. The van der Waals surface area contributed by atoms with Crippen LogP contribution in [0.25, 0.3) is 75.8 Å². The Morgan fingerprint density at radius 3 is 1.98 bits per heavy atom. The molecule has 0 unspecified atom stereocenters. The van der Waals surface area contributed by atoms with Crippen molar-refractivity contribution in [1.82, 2.24) is 4.98 Å². The average Bonchev–Trinajstić information content (AvgIpc) is 3.89. The maximum Gasteiger partial charge on any atom is 0.227 e. The number of hydrogen-bond donors (Lipinski definition) is 0. The van der Waals surface area contributed by atoms with Gasteiger partial charge in [0.15, 0.2) is 5.58 Å². The highest BCUT2D eigenvalue weighted by atomic mass is 32.1. The van der Waals surface area contributed by atoms with Crippen LogP contribution in [0, 0.1) is 0 Å². The molecule has 0 aliphatic heterocycles. The average molecular weight is 711 g/mol.